The van der Waals surface area contributed by atoms with Crippen LogP contribution in [0.4, 0.5) is 0 Å². The van der Waals surface area contributed by atoms with Gasteiger partial charge >= 0.3 is 0 Å². The second-order valence-electron chi connectivity index (χ2n) is 4.49. The first kappa shape index (κ1) is 16.2. The molecular formula is C14H28N2O. The molecule has 2 N–H and O–H groups in total. The van der Waals surface area contributed by atoms with E-state index >= 15 is 0 Å². The normalized spacial score (nSPS) is 12.2. The van der Waals surface area contributed by atoms with E-state index in [0.29, 0.717) is 18.9 Å². The molecule has 0 aromatic carbocycles. The summed E-state index contributed by atoms with van der Waals surface area (Å²) in [7, 11) is 0. The van der Waals surface area contributed by atoms with Gasteiger partial charge in [-0.25, -0.2) is 0 Å². The lowest BCUT2D eigenvalue weighted by atomic mass is 9.94. The average molecular weight is 240 g/mol. The Labute approximate surface area is 106 Å². The highest BCUT2D eigenvalue weighted by Gasteiger charge is 2.13. The molecule has 0 aliphatic carbocycles. The molecule has 0 aromatic rings. The molecule has 3 nitrogen and oxygen atoms in total. The van der Waals surface area contributed by atoms with Crippen LogP contribution < -0.4 is 5.73 Å². The Hall–Kier alpha value is -0.830. The van der Waals surface area contributed by atoms with E-state index in [-0.39, 0.29) is 5.91 Å². The van der Waals surface area contributed by atoms with Crippen molar-refractivity contribution in [1.29, 1.82) is 0 Å². The van der Waals surface area contributed by atoms with Crippen LogP contribution in [-0.2, 0) is 4.79 Å². The Balaban J connectivity index is 4.03. The van der Waals surface area contributed by atoms with Crippen molar-refractivity contribution in [3.63, 3.8) is 0 Å². The van der Waals surface area contributed by atoms with Crippen molar-refractivity contribution in [2.45, 2.75) is 46.0 Å². The van der Waals surface area contributed by atoms with Gasteiger partial charge in [-0.15, -0.1) is 6.58 Å². The number of hydrogen-bond donors (Lipinski definition) is 1. The molecule has 0 saturated heterocycles. The number of likely N-dealkylation sites (N-methyl/N-ethyl adjacent to an activating group) is 1. The molecule has 0 rings (SSSR count). The molecule has 0 aliphatic rings. The zero-order valence-electron chi connectivity index (χ0n) is 11.5. The first-order valence-electron chi connectivity index (χ1n) is 6.78. The minimum Gasteiger partial charge on any atom is -0.339 e. The fourth-order valence-corrected chi connectivity index (χ4v) is 2.13. The summed E-state index contributed by atoms with van der Waals surface area (Å²) in [6.45, 7) is 10.0. The summed E-state index contributed by atoms with van der Waals surface area (Å²) in [5.41, 5.74) is 5.59. The SMILES string of the molecule is C=CCN(CC)C(=O)CCC(CCC)CCN. The lowest BCUT2D eigenvalue weighted by molar-refractivity contribution is -0.130. The van der Waals surface area contributed by atoms with Crippen molar-refractivity contribution in [3.05, 3.63) is 12.7 Å². The molecule has 0 radical (unpaired) electrons. The van der Waals surface area contributed by atoms with E-state index in [9.17, 15) is 4.79 Å². The molecule has 0 spiro atoms. The Morgan fingerprint density at radius 3 is 2.53 bits per heavy atom. The van der Waals surface area contributed by atoms with Gasteiger partial charge < -0.3 is 10.6 Å². The highest BCUT2D eigenvalue weighted by Crippen LogP contribution is 2.17. The minimum absolute atomic E-state index is 0.241. The van der Waals surface area contributed by atoms with E-state index in [1.165, 1.54) is 12.8 Å². The number of amides is 1. The third-order valence-corrected chi connectivity index (χ3v) is 3.12. The molecule has 1 unspecified atom stereocenters. The van der Waals surface area contributed by atoms with Gasteiger partial charge in [-0.2, -0.15) is 0 Å². The standard InChI is InChI=1S/C14H28N2O/c1-4-7-13(10-11-15)8-9-14(17)16(6-3)12-5-2/h5,13H,2,4,6-12,15H2,1,3H3. The van der Waals surface area contributed by atoms with Gasteiger partial charge in [0.15, 0.2) is 0 Å². The van der Waals surface area contributed by atoms with Gasteiger partial charge in [0.1, 0.15) is 0 Å². The third kappa shape index (κ3) is 7.16. The van der Waals surface area contributed by atoms with Crippen LogP contribution >= 0.6 is 0 Å². The van der Waals surface area contributed by atoms with Gasteiger partial charge in [0.2, 0.25) is 5.91 Å². The van der Waals surface area contributed by atoms with E-state index in [1.807, 2.05) is 11.8 Å². The quantitative estimate of drug-likeness (QED) is 0.597. The number of nitrogens with two attached hydrogens (primary N) is 1. The number of carbonyl (C=O) groups excluding carboxylic acids is 1. The molecule has 0 aliphatic heterocycles. The fourth-order valence-electron chi connectivity index (χ4n) is 2.13. The summed E-state index contributed by atoms with van der Waals surface area (Å²) in [6, 6.07) is 0. The highest BCUT2D eigenvalue weighted by atomic mass is 16.2. The predicted molar refractivity (Wildman–Crippen MR) is 73.8 cm³/mol. The maximum Gasteiger partial charge on any atom is 0.222 e. The topological polar surface area (TPSA) is 46.3 Å². The maximum atomic E-state index is 11.9. The zero-order valence-corrected chi connectivity index (χ0v) is 11.5. The van der Waals surface area contributed by atoms with Crippen LogP contribution in [0.5, 0.6) is 0 Å². The zero-order chi connectivity index (χ0) is 13.1. The molecule has 3 heteroatoms. The largest absolute Gasteiger partial charge is 0.339 e. The van der Waals surface area contributed by atoms with E-state index in [2.05, 4.69) is 13.5 Å². The van der Waals surface area contributed by atoms with Crippen LogP contribution in [0.3, 0.4) is 0 Å². The second-order valence-corrected chi connectivity index (χ2v) is 4.49. The number of hydrogen-bond acceptors (Lipinski definition) is 2. The van der Waals surface area contributed by atoms with E-state index in [4.69, 9.17) is 5.73 Å². The molecule has 0 heterocycles. The molecule has 0 aromatic heterocycles. The molecule has 0 fully saturated rings. The van der Waals surface area contributed by atoms with Crippen molar-refractivity contribution >= 4 is 5.91 Å². The first-order valence-corrected chi connectivity index (χ1v) is 6.78. The molecular weight excluding hydrogens is 212 g/mol. The van der Waals surface area contributed by atoms with Crippen molar-refractivity contribution < 1.29 is 4.79 Å². The van der Waals surface area contributed by atoms with Crippen molar-refractivity contribution in [2.75, 3.05) is 19.6 Å². The van der Waals surface area contributed by atoms with Gasteiger partial charge in [-0.1, -0.05) is 25.8 Å². The van der Waals surface area contributed by atoms with Crippen molar-refractivity contribution in [3.8, 4) is 0 Å². The highest BCUT2D eigenvalue weighted by molar-refractivity contribution is 5.76. The van der Waals surface area contributed by atoms with Crippen LogP contribution in [-0.4, -0.2) is 30.4 Å². The van der Waals surface area contributed by atoms with Gasteiger partial charge in [0.25, 0.3) is 0 Å². The molecule has 0 bridgehead atoms. The monoisotopic (exact) mass is 240 g/mol. The summed E-state index contributed by atoms with van der Waals surface area (Å²) >= 11 is 0. The molecule has 17 heavy (non-hydrogen) atoms. The van der Waals surface area contributed by atoms with Gasteiger partial charge in [0, 0.05) is 19.5 Å². The van der Waals surface area contributed by atoms with E-state index < -0.39 is 0 Å². The van der Waals surface area contributed by atoms with E-state index in [0.717, 1.165) is 25.9 Å². The summed E-state index contributed by atoms with van der Waals surface area (Å²) < 4.78 is 0. The fraction of sp³-hybridized carbons (Fsp3) is 0.786. The Bertz CT molecular complexity index is 210. The van der Waals surface area contributed by atoms with Gasteiger partial charge in [0.05, 0.1) is 0 Å². The Kier molecular flexibility index (Phi) is 9.83. The van der Waals surface area contributed by atoms with Crippen molar-refractivity contribution in [1.82, 2.24) is 4.90 Å². The molecule has 100 valence electrons. The van der Waals surface area contributed by atoms with Crippen molar-refractivity contribution in [2.24, 2.45) is 11.7 Å². The van der Waals surface area contributed by atoms with Crippen LogP contribution in [0.1, 0.15) is 46.0 Å². The Morgan fingerprint density at radius 1 is 1.35 bits per heavy atom. The van der Waals surface area contributed by atoms with Crippen LogP contribution in [0.15, 0.2) is 12.7 Å². The minimum atomic E-state index is 0.241. The predicted octanol–water partition coefficient (Wildman–Crippen LogP) is 2.57. The maximum absolute atomic E-state index is 11.9. The third-order valence-electron chi connectivity index (χ3n) is 3.12. The van der Waals surface area contributed by atoms with E-state index in [1.54, 1.807) is 6.08 Å². The number of carbonyl (C=O) groups is 1. The van der Waals surface area contributed by atoms with Crippen LogP contribution in [0.25, 0.3) is 0 Å². The average Bonchev–Trinajstić information content (AvgIpc) is 2.33. The smallest absolute Gasteiger partial charge is 0.222 e. The lowest BCUT2D eigenvalue weighted by Gasteiger charge is -2.21. The number of nitrogens with zero attached hydrogens (tertiary/aromatic N) is 1. The summed E-state index contributed by atoms with van der Waals surface area (Å²) in [6.07, 6.45) is 6.78. The second kappa shape index (κ2) is 10.3. The molecule has 0 saturated carbocycles. The van der Waals surface area contributed by atoms with Gasteiger partial charge in [-0.05, 0) is 32.2 Å². The summed E-state index contributed by atoms with van der Waals surface area (Å²) in [5.74, 6) is 0.849. The first-order chi connectivity index (χ1) is 8.19. The molecule has 1 atom stereocenters. The van der Waals surface area contributed by atoms with Crippen LogP contribution in [0, 0.1) is 5.92 Å². The summed E-state index contributed by atoms with van der Waals surface area (Å²) in [4.78, 5) is 13.8. The molecule has 1 amide bonds. The Morgan fingerprint density at radius 2 is 2.06 bits per heavy atom. The number of rotatable bonds is 10. The van der Waals surface area contributed by atoms with Gasteiger partial charge in [-0.3, -0.25) is 4.79 Å². The van der Waals surface area contributed by atoms with Crippen LogP contribution in [0.2, 0.25) is 0 Å². The summed E-state index contributed by atoms with van der Waals surface area (Å²) in [5, 5.41) is 0. The lowest BCUT2D eigenvalue weighted by Crippen LogP contribution is -2.31.